The maximum Gasteiger partial charge on any atom is 0.341 e. The molecule has 4 atom stereocenters. The summed E-state index contributed by atoms with van der Waals surface area (Å²) in [6.07, 6.45) is 2.75. The van der Waals surface area contributed by atoms with Crippen LogP contribution in [-0.4, -0.2) is 68.0 Å². The number of aromatic nitrogens is 3. The SMILES string of the molecule is COc1ncnc2c([C@@H]3C[C@H](CO[Si](C(C)C)C(C)C)[C@@H](O[Si](O)(C(C)C)C(C)C)[C@@H]3O)cn(COCc3ccccc3)c12. The van der Waals surface area contributed by atoms with E-state index < -0.39 is 29.8 Å². The Bertz CT molecular complexity index is 1320. The molecule has 2 N–H and O–H groups in total. The van der Waals surface area contributed by atoms with E-state index in [0.29, 0.717) is 36.6 Å². The molecule has 9 nitrogen and oxygen atoms in total. The first-order valence-corrected chi connectivity index (χ1v) is 19.5. The average Bonchev–Trinajstić information content (AvgIpc) is 3.50. The topological polar surface area (TPSA) is 108 Å². The van der Waals surface area contributed by atoms with E-state index in [4.69, 9.17) is 18.3 Å². The molecule has 1 aliphatic carbocycles. The summed E-state index contributed by atoms with van der Waals surface area (Å²) in [5.74, 6) is 0.0881. The van der Waals surface area contributed by atoms with Gasteiger partial charge in [0.25, 0.3) is 0 Å². The third-order valence-corrected chi connectivity index (χ3v) is 15.7. The molecule has 1 fully saturated rings. The zero-order valence-corrected chi connectivity index (χ0v) is 29.9. The highest BCUT2D eigenvalue weighted by molar-refractivity contribution is 6.68. The lowest BCUT2D eigenvalue weighted by Crippen LogP contribution is -2.51. The zero-order chi connectivity index (χ0) is 32.2. The molecule has 3 aromatic rings. The van der Waals surface area contributed by atoms with Gasteiger partial charge in [0, 0.05) is 30.2 Å². The van der Waals surface area contributed by atoms with E-state index in [1.54, 1.807) is 7.11 Å². The molecule has 0 saturated heterocycles. The van der Waals surface area contributed by atoms with E-state index in [1.165, 1.54) is 6.33 Å². The molecular formula is C33H52N3O6Si2. The van der Waals surface area contributed by atoms with E-state index >= 15 is 0 Å². The summed E-state index contributed by atoms with van der Waals surface area (Å²) in [5.41, 5.74) is 4.28. The number of hydrogen-bond donors (Lipinski definition) is 2. The molecule has 1 saturated carbocycles. The van der Waals surface area contributed by atoms with Crippen LogP contribution in [0, 0.1) is 5.92 Å². The summed E-state index contributed by atoms with van der Waals surface area (Å²) in [5, 5.41) is 12.0. The molecule has 0 bridgehead atoms. The van der Waals surface area contributed by atoms with Crippen LogP contribution in [0.2, 0.25) is 22.2 Å². The van der Waals surface area contributed by atoms with E-state index in [2.05, 4.69) is 37.7 Å². The van der Waals surface area contributed by atoms with Crippen molar-refractivity contribution in [3.8, 4) is 5.88 Å². The van der Waals surface area contributed by atoms with E-state index in [1.807, 2.05) is 68.8 Å². The van der Waals surface area contributed by atoms with Crippen molar-refractivity contribution in [2.75, 3.05) is 13.7 Å². The van der Waals surface area contributed by atoms with Crippen molar-refractivity contribution < 1.29 is 28.2 Å². The lowest BCUT2D eigenvalue weighted by atomic mass is 9.96. The second-order valence-electron chi connectivity index (χ2n) is 13.4. The van der Waals surface area contributed by atoms with E-state index in [0.717, 1.165) is 22.2 Å². The first-order valence-electron chi connectivity index (χ1n) is 16.0. The highest BCUT2D eigenvalue weighted by Gasteiger charge is 2.52. The molecule has 2 heterocycles. The number of benzene rings is 1. The van der Waals surface area contributed by atoms with Crippen molar-refractivity contribution in [1.82, 2.24) is 14.5 Å². The monoisotopic (exact) mass is 642 g/mol. The second-order valence-corrected chi connectivity index (χ2v) is 20.8. The molecule has 0 unspecified atom stereocenters. The lowest BCUT2D eigenvalue weighted by Gasteiger charge is -2.38. The van der Waals surface area contributed by atoms with Gasteiger partial charge in [-0.05, 0) is 34.1 Å². The summed E-state index contributed by atoms with van der Waals surface area (Å²) in [6.45, 7) is 18.2. The minimum atomic E-state index is -3.17. The third-order valence-electron chi connectivity index (χ3n) is 8.93. The van der Waals surface area contributed by atoms with E-state index in [9.17, 15) is 9.90 Å². The van der Waals surface area contributed by atoms with Crippen LogP contribution in [0.3, 0.4) is 0 Å². The molecule has 44 heavy (non-hydrogen) atoms. The average molecular weight is 643 g/mol. The summed E-state index contributed by atoms with van der Waals surface area (Å²) < 4.78 is 27.1. The quantitative estimate of drug-likeness (QED) is 0.180. The highest BCUT2D eigenvalue weighted by Crippen LogP contribution is 2.46. The maximum atomic E-state index is 12.0. The third kappa shape index (κ3) is 7.46. The fraction of sp³-hybridized carbons (Fsp3) is 0.636. The van der Waals surface area contributed by atoms with Crippen LogP contribution in [0.1, 0.15) is 78.9 Å². The van der Waals surface area contributed by atoms with Gasteiger partial charge < -0.3 is 32.8 Å². The summed E-state index contributed by atoms with van der Waals surface area (Å²) in [4.78, 5) is 20.9. The first-order chi connectivity index (χ1) is 20.9. The molecule has 0 spiro atoms. The molecule has 1 aromatic carbocycles. The molecule has 4 rings (SSSR count). The van der Waals surface area contributed by atoms with Crippen LogP contribution >= 0.6 is 0 Å². The van der Waals surface area contributed by atoms with Crippen molar-refractivity contribution in [3.05, 3.63) is 54.0 Å². The van der Waals surface area contributed by atoms with Crippen LogP contribution in [0.15, 0.2) is 42.9 Å². The number of methoxy groups -OCH3 is 1. The van der Waals surface area contributed by atoms with Gasteiger partial charge in [-0.15, -0.1) is 0 Å². The normalized spacial score (nSPS) is 21.2. The zero-order valence-electron chi connectivity index (χ0n) is 27.9. The molecule has 11 heteroatoms. The molecule has 0 amide bonds. The largest absolute Gasteiger partial charge is 0.479 e. The van der Waals surface area contributed by atoms with Gasteiger partial charge in [-0.25, -0.2) is 4.98 Å². The molecule has 1 aliphatic rings. The van der Waals surface area contributed by atoms with Crippen LogP contribution in [0.5, 0.6) is 5.88 Å². The van der Waals surface area contributed by atoms with Crippen LogP contribution in [0.4, 0.5) is 0 Å². The van der Waals surface area contributed by atoms with Gasteiger partial charge in [-0.2, -0.15) is 4.98 Å². The number of hydrogen-bond acceptors (Lipinski definition) is 8. The van der Waals surface area contributed by atoms with Gasteiger partial charge in [0.15, 0.2) is 0 Å². The minimum absolute atomic E-state index is 0.0260. The van der Waals surface area contributed by atoms with Crippen LogP contribution in [-0.2, 0) is 26.9 Å². The van der Waals surface area contributed by atoms with Crippen molar-refractivity contribution in [2.24, 2.45) is 5.92 Å². The Labute approximate surface area is 265 Å². The van der Waals surface area contributed by atoms with Gasteiger partial charge in [-0.1, -0.05) is 85.7 Å². The Hall–Kier alpha value is -2.13. The van der Waals surface area contributed by atoms with Crippen LogP contribution < -0.4 is 4.74 Å². The smallest absolute Gasteiger partial charge is 0.341 e. The van der Waals surface area contributed by atoms with E-state index in [-0.39, 0.29) is 29.6 Å². The Kier molecular flexibility index (Phi) is 11.8. The standard InChI is InChI=1S/C33H52N3O6Si2/c1-21(2)43(22(3)4)41-18-26-15-27(31(37)32(26)42-44(38,23(5)6)24(7)8)28-16-36(20-40-17-25-13-11-10-12-14-25)30-29(28)34-19-35-33(30)39-9/h10-14,16,19,21-24,26-27,31-32,37-38H,15,17-18,20H2,1-9H3/t26-,27+,31-,32-/m1/s1. The Morgan fingerprint density at radius 1 is 1.00 bits per heavy atom. The van der Waals surface area contributed by atoms with Gasteiger partial charge in [-0.3, -0.25) is 0 Å². The van der Waals surface area contributed by atoms with Crippen molar-refractivity contribution >= 4 is 28.6 Å². The molecule has 1 radical (unpaired) electrons. The molecule has 2 aromatic heterocycles. The van der Waals surface area contributed by atoms with Gasteiger partial charge in [0.2, 0.25) is 14.9 Å². The summed E-state index contributed by atoms with van der Waals surface area (Å²) in [6, 6.07) is 10.0. The lowest BCUT2D eigenvalue weighted by molar-refractivity contribution is -0.00260. The van der Waals surface area contributed by atoms with Gasteiger partial charge in [0.1, 0.15) is 18.6 Å². The number of aliphatic hydroxyl groups excluding tert-OH is 1. The summed E-state index contributed by atoms with van der Waals surface area (Å²) in [7, 11) is -2.66. The van der Waals surface area contributed by atoms with Gasteiger partial charge in [0.05, 0.1) is 31.4 Å². The number of rotatable bonds is 15. The Balaban J connectivity index is 1.69. The molecule has 243 valence electrons. The number of aliphatic hydroxyl groups is 1. The first kappa shape index (κ1) is 34.7. The number of nitrogens with zero attached hydrogens (tertiary/aromatic N) is 3. The van der Waals surface area contributed by atoms with Gasteiger partial charge >= 0.3 is 8.56 Å². The number of ether oxygens (including phenoxy) is 2. The van der Waals surface area contributed by atoms with Crippen LogP contribution in [0.25, 0.3) is 11.0 Å². The second kappa shape index (κ2) is 15.0. The number of fused-ring (bicyclic) bond motifs is 1. The van der Waals surface area contributed by atoms with Crippen molar-refractivity contribution in [3.63, 3.8) is 0 Å². The fourth-order valence-electron chi connectivity index (χ4n) is 6.59. The fourth-order valence-corrected chi connectivity index (χ4v) is 11.6. The Morgan fingerprint density at radius 3 is 2.25 bits per heavy atom. The van der Waals surface area contributed by atoms with Crippen molar-refractivity contribution in [2.45, 2.75) is 115 Å². The van der Waals surface area contributed by atoms with Crippen molar-refractivity contribution in [1.29, 1.82) is 0 Å². The highest BCUT2D eigenvalue weighted by atomic mass is 28.4. The minimum Gasteiger partial charge on any atom is -0.479 e. The summed E-state index contributed by atoms with van der Waals surface area (Å²) >= 11 is 0. The predicted octanol–water partition coefficient (Wildman–Crippen LogP) is 6.55. The molecular weight excluding hydrogens is 591 g/mol. The maximum absolute atomic E-state index is 12.0. The predicted molar refractivity (Wildman–Crippen MR) is 177 cm³/mol. The Morgan fingerprint density at radius 2 is 1.66 bits per heavy atom. The molecule has 0 aliphatic heterocycles.